The molecule has 1 N–H and O–H groups in total. The van der Waals surface area contributed by atoms with Crippen LogP contribution in [0.2, 0.25) is 0 Å². The highest BCUT2D eigenvalue weighted by Crippen LogP contribution is 2.33. The Bertz CT molecular complexity index is 873. The fourth-order valence-electron chi connectivity index (χ4n) is 3.31. The zero-order valence-corrected chi connectivity index (χ0v) is 16.4. The third-order valence-corrected chi connectivity index (χ3v) is 4.92. The van der Waals surface area contributed by atoms with Crippen molar-refractivity contribution in [2.75, 3.05) is 13.2 Å². The van der Waals surface area contributed by atoms with E-state index in [9.17, 15) is 9.59 Å². The van der Waals surface area contributed by atoms with Crippen molar-refractivity contribution < 1.29 is 9.53 Å². The molecule has 2 heterocycles. The van der Waals surface area contributed by atoms with Gasteiger partial charge in [-0.3, -0.25) is 9.59 Å². The normalized spacial score (nSPS) is 16.0. The predicted molar refractivity (Wildman–Crippen MR) is 102 cm³/mol. The number of halogens is 1. The molecule has 25 heavy (non-hydrogen) atoms. The molecule has 0 saturated heterocycles. The third kappa shape index (κ3) is 3.65. The van der Waals surface area contributed by atoms with Crippen LogP contribution >= 0.6 is 15.9 Å². The summed E-state index contributed by atoms with van der Waals surface area (Å²) >= 11 is 3.47. The third-order valence-electron chi connectivity index (χ3n) is 4.46. The van der Waals surface area contributed by atoms with Crippen molar-refractivity contribution in [3.63, 3.8) is 0 Å². The first kappa shape index (κ1) is 18.1. The van der Waals surface area contributed by atoms with Crippen LogP contribution in [-0.4, -0.2) is 29.7 Å². The summed E-state index contributed by atoms with van der Waals surface area (Å²) in [4.78, 5) is 25.3. The number of rotatable bonds is 6. The molecule has 3 rings (SSSR count). The maximum atomic E-state index is 12.8. The van der Waals surface area contributed by atoms with Crippen LogP contribution in [0.5, 0.6) is 0 Å². The monoisotopic (exact) mass is 406 g/mol. The molecule has 1 aliphatic rings. The lowest BCUT2D eigenvalue weighted by molar-refractivity contribution is 0.0757. The molecular weight excluding hydrogens is 384 g/mol. The van der Waals surface area contributed by atoms with Crippen molar-refractivity contribution in [2.24, 2.45) is 0 Å². The molecule has 0 bridgehead atoms. The molecule has 2 aromatic rings. The molecule has 0 fully saturated rings. The molecule has 1 aromatic carbocycles. The summed E-state index contributed by atoms with van der Waals surface area (Å²) < 4.78 is 8.38. The number of nitrogens with zero attached hydrogens (tertiary/aromatic N) is 1. The Kier molecular flexibility index (Phi) is 5.29. The number of ether oxygens (including phenoxy) is 1. The number of carbonyl (C=O) groups excluding carboxylic acids is 1. The van der Waals surface area contributed by atoms with Crippen molar-refractivity contribution in [3.8, 4) is 0 Å². The van der Waals surface area contributed by atoms with Crippen molar-refractivity contribution in [1.82, 2.24) is 9.88 Å². The van der Waals surface area contributed by atoms with Gasteiger partial charge in [-0.25, -0.2) is 0 Å². The first-order valence-electron chi connectivity index (χ1n) is 8.65. The van der Waals surface area contributed by atoms with Crippen LogP contribution in [0.25, 0.3) is 10.9 Å². The number of benzene rings is 1. The standard InChI is InChI=1S/C19H23BrN2O3/c1-11(2)25-6-4-5-21-19(24)16-10-22-12(3)7-13-8-14(20)9-15(17(13)22)18(16)23/h8-12H,4-7H2,1-3H3,(H,21,24)/t12-/m1/s1. The minimum absolute atomic E-state index is 0.180. The van der Waals surface area contributed by atoms with Crippen LogP contribution in [0.3, 0.4) is 0 Å². The minimum Gasteiger partial charge on any atom is -0.379 e. The van der Waals surface area contributed by atoms with Crippen LogP contribution in [0.1, 0.15) is 49.2 Å². The number of amides is 1. The zero-order chi connectivity index (χ0) is 18.1. The van der Waals surface area contributed by atoms with Crippen molar-refractivity contribution in [3.05, 3.63) is 44.2 Å². The maximum Gasteiger partial charge on any atom is 0.256 e. The molecule has 134 valence electrons. The SMILES string of the molecule is CC(C)OCCCNC(=O)c1cn2c3c(cc(Br)cc3c1=O)C[C@H]2C. The van der Waals surface area contributed by atoms with Gasteiger partial charge in [0.15, 0.2) is 0 Å². The van der Waals surface area contributed by atoms with E-state index in [0.717, 1.165) is 28.4 Å². The van der Waals surface area contributed by atoms with Gasteiger partial charge in [0, 0.05) is 35.2 Å². The number of pyridine rings is 1. The van der Waals surface area contributed by atoms with Crippen molar-refractivity contribution in [1.29, 1.82) is 0 Å². The van der Waals surface area contributed by atoms with Gasteiger partial charge in [-0.2, -0.15) is 0 Å². The Hall–Kier alpha value is -1.66. The number of aromatic nitrogens is 1. The minimum atomic E-state index is -0.319. The molecule has 0 aliphatic carbocycles. The molecule has 0 unspecified atom stereocenters. The highest BCUT2D eigenvalue weighted by molar-refractivity contribution is 9.10. The second kappa shape index (κ2) is 7.30. The predicted octanol–water partition coefficient (Wildman–Crippen LogP) is 3.43. The molecule has 1 aliphatic heterocycles. The molecule has 0 spiro atoms. The molecule has 0 saturated carbocycles. The van der Waals surface area contributed by atoms with Gasteiger partial charge >= 0.3 is 0 Å². The van der Waals surface area contributed by atoms with Gasteiger partial charge in [-0.1, -0.05) is 15.9 Å². The molecule has 1 atom stereocenters. The Morgan fingerprint density at radius 2 is 2.20 bits per heavy atom. The van der Waals surface area contributed by atoms with Crippen LogP contribution < -0.4 is 10.7 Å². The summed E-state index contributed by atoms with van der Waals surface area (Å²) in [6.07, 6.45) is 3.48. The van der Waals surface area contributed by atoms with E-state index in [0.29, 0.717) is 18.5 Å². The van der Waals surface area contributed by atoms with E-state index in [-0.39, 0.29) is 29.0 Å². The first-order chi connectivity index (χ1) is 11.9. The largest absolute Gasteiger partial charge is 0.379 e. The summed E-state index contributed by atoms with van der Waals surface area (Å²) in [7, 11) is 0. The Morgan fingerprint density at radius 3 is 2.92 bits per heavy atom. The van der Waals surface area contributed by atoms with Crippen molar-refractivity contribution in [2.45, 2.75) is 45.8 Å². The topological polar surface area (TPSA) is 60.3 Å². The summed E-state index contributed by atoms with van der Waals surface area (Å²) in [6, 6.07) is 4.09. The van der Waals surface area contributed by atoms with E-state index in [1.807, 2.05) is 19.9 Å². The molecule has 6 heteroatoms. The van der Waals surface area contributed by atoms with Crippen LogP contribution in [0, 0.1) is 0 Å². The van der Waals surface area contributed by atoms with Gasteiger partial charge in [0.25, 0.3) is 5.91 Å². The van der Waals surface area contributed by atoms with E-state index < -0.39 is 0 Å². The summed E-state index contributed by atoms with van der Waals surface area (Å²) in [5.41, 5.74) is 2.09. The Balaban J connectivity index is 1.85. The van der Waals surface area contributed by atoms with E-state index >= 15 is 0 Å². The quantitative estimate of drug-likeness (QED) is 0.747. The fourth-order valence-corrected chi connectivity index (χ4v) is 3.82. The lowest BCUT2D eigenvalue weighted by Crippen LogP contribution is -2.31. The lowest BCUT2D eigenvalue weighted by atomic mass is 10.1. The smallest absolute Gasteiger partial charge is 0.256 e. The first-order valence-corrected chi connectivity index (χ1v) is 9.45. The lowest BCUT2D eigenvalue weighted by Gasteiger charge is -2.13. The van der Waals surface area contributed by atoms with Crippen LogP contribution in [-0.2, 0) is 11.2 Å². The highest BCUT2D eigenvalue weighted by Gasteiger charge is 2.25. The van der Waals surface area contributed by atoms with E-state index in [4.69, 9.17) is 4.74 Å². The maximum absolute atomic E-state index is 12.8. The molecule has 5 nitrogen and oxygen atoms in total. The summed E-state index contributed by atoms with van der Waals surface area (Å²) in [5.74, 6) is -0.319. The van der Waals surface area contributed by atoms with Gasteiger partial charge in [-0.15, -0.1) is 0 Å². The zero-order valence-electron chi connectivity index (χ0n) is 14.8. The van der Waals surface area contributed by atoms with E-state index in [1.165, 1.54) is 0 Å². The van der Waals surface area contributed by atoms with Gasteiger partial charge in [0.1, 0.15) is 5.56 Å². The average Bonchev–Trinajstić information content (AvgIpc) is 2.85. The molecule has 0 radical (unpaired) electrons. The highest BCUT2D eigenvalue weighted by atomic mass is 79.9. The van der Waals surface area contributed by atoms with E-state index in [2.05, 4.69) is 38.8 Å². The van der Waals surface area contributed by atoms with Crippen LogP contribution in [0.4, 0.5) is 0 Å². The fraction of sp³-hybridized carbons (Fsp3) is 0.474. The number of nitrogens with one attached hydrogen (secondary N) is 1. The number of carbonyl (C=O) groups is 1. The summed E-state index contributed by atoms with van der Waals surface area (Å²) in [5, 5.41) is 3.43. The van der Waals surface area contributed by atoms with Crippen LogP contribution in [0.15, 0.2) is 27.6 Å². The molecule has 1 aromatic heterocycles. The second-order valence-electron chi connectivity index (χ2n) is 6.82. The van der Waals surface area contributed by atoms with E-state index in [1.54, 1.807) is 6.20 Å². The van der Waals surface area contributed by atoms with Gasteiger partial charge in [0.05, 0.1) is 11.6 Å². The van der Waals surface area contributed by atoms with Gasteiger partial charge < -0.3 is 14.6 Å². The molecule has 1 amide bonds. The van der Waals surface area contributed by atoms with Crippen molar-refractivity contribution >= 4 is 32.7 Å². The second-order valence-corrected chi connectivity index (χ2v) is 7.74. The number of hydrogen-bond donors (Lipinski definition) is 1. The Morgan fingerprint density at radius 1 is 1.44 bits per heavy atom. The average molecular weight is 407 g/mol. The summed E-state index contributed by atoms with van der Waals surface area (Å²) in [6.45, 7) is 7.13. The van der Waals surface area contributed by atoms with Gasteiger partial charge in [0.2, 0.25) is 5.43 Å². The number of hydrogen-bond acceptors (Lipinski definition) is 3. The Labute approximate surface area is 155 Å². The van der Waals surface area contributed by atoms with Gasteiger partial charge in [-0.05, 0) is 51.3 Å². The molecular formula is C19H23BrN2O3.